The van der Waals surface area contributed by atoms with E-state index in [1.807, 2.05) is 79.0 Å². The van der Waals surface area contributed by atoms with Gasteiger partial charge in [-0.25, -0.2) is 9.97 Å². The second kappa shape index (κ2) is 7.53. The van der Waals surface area contributed by atoms with Crippen LogP contribution in [0.1, 0.15) is 16.1 Å². The van der Waals surface area contributed by atoms with Crippen LogP contribution in [0, 0.1) is 6.92 Å². The van der Waals surface area contributed by atoms with Gasteiger partial charge in [-0.1, -0.05) is 30.3 Å². The predicted molar refractivity (Wildman–Crippen MR) is 119 cm³/mol. The molecule has 0 spiro atoms. The van der Waals surface area contributed by atoms with Gasteiger partial charge in [0.25, 0.3) is 5.91 Å². The van der Waals surface area contributed by atoms with E-state index in [-0.39, 0.29) is 5.91 Å². The van der Waals surface area contributed by atoms with E-state index in [1.54, 1.807) is 22.2 Å². The predicted octanol–water partition coefficient (Wildman–Crippen LogP) is 5.10. The number of aryl methyl sites for hydroxylation is 1. The highest BCUT2D eigenvalue weighted by Crippen LogP contribution is 2.28. The number of carbonyl (C=O) groups is 1. The Hall–Kier alpha value is -3.84. The first-order chi connectivity index (χ1) is 14.7. The normalized spacial score (nSPS) is 11.0. The lowest BCUT2D eigenvalue weighted by Gasteiger charge is -2.11. The van der Waals surface area contributed by atoms with Crippen LogP contribution < -0.4 is 5.32 Å². The van der Waals surface area contributed by atoms with E-state index >= 15 is 0 Å². The Bertz CT molecular complexity index is 1340. The van der Waals surface area contributed by atoms with E-state index in [1.165, 1.54) is 0 Å². The number of nitrogens with zero attached hydrogens (tertiary/aromatic N) is 4. The third-order valence-electron chi connectivity index (χ3n) is 4.67. The first kappa shape index (κ1) is 18.2. The number of carbonyl (C=O) groups excluding carboxylic acids is 1. The summed E-state index contributed by atoms with van der Waals surface area (Å²) < 4.78 is 1.64. The number of hydrogen-bond donors (Lipinski definition) is 1. The third kappa shape index (κ3) is 3.35. The monoisotopic (exact) mass is 411 g/mol. The lowest BCUT2D eigenvalue weighted by atomic mass is 10.1. The summed E-state index contributed by atoms with van der Waals surface area (Å²) >= 11 is 1.60. The van der Waals surface area contributed by atoms with Crippen LogP contribution in [0.4, 0.5) is 5.82 Å². The molecule has 4 aromatic heterocycles. The quantitative estimate of drug-likeness (QED) is 0.446. The summed E-state index contributed by atoms with van der Waals surface area (Å²) in [6.07, 6.45) is 1.70. The smallest absolute Gasteiger partial charge is 0.257 e. The number of fused-ring (bicyclic) bond motifs is 1. The zero-order chi connectivity index (χ0) is 20.5. The largest absolute Gasteiger partial charge is 0.306 e. The van der Waals surface area contributed by atoms with Crippen LogP contribution >= 0.6 is 11.3 Å². The zero-order valence-corrected chi connectivity index (χ0v) is 16.9. The van der Waals surface area contributed by atoms with Crippen molar-refractivity contribution in [1.29, 1.82) is 0 Å². The SMILES string of the molecule is Cc1cc(NC(=O)c2cc(-c3cccs3)nc3ccccc23)n(-c2ccccn2)n1. The molecule has 1 N–H and O–H groups in total. The summed E-state index contributed by atoms with van der Waals surface area (Å²) in [4.78, 5) is 23.4. The maximum Gasteiger partial charge on any atom is 0.257 e. The van der Waals surface area contributed by atoms with Crippen LogP contribution in [0.2, 0.25) is 0 Å². The van der Waals surface area contributed by atoms with Crippen molar-refractivity contribution >= 4 is 34.0 Å². The summed E-state index contributed by atoms with van der Waals surface area (Å²) in [5, 5.41) is 10.3. The summed E-state index contributed by atoms with van der Waals surface area (Å²) in [5.74, 6) is 0.984. The Balaban J connectivity index is 1.58. The Labute approximate surface area is 176 Å². The third-order valence-corrected chi connectivity index (χ3v) is 5.57. The van der Waals surface area contributed by atoms with E-state index in [9.17, 15) is 4.79 Å². The van der Waals surface area contributed by atoms with E-state index in [2.05, 4.69) is 15.4 Å². The number of hydrogen-bond acceptors (Lipinski definition) is 5. The van der Waals surface area contributed by atoms with Crippen LogP contribution in [0.3, 0.4) is 0 Å². The minimum absolute atomic E-state index is 0.219. The fourth-order valence-corrected chi connectivity index (χ4v) is 4.03. The van der Waals surface area contributed by atoms with Gasteiger partial charge in [0.15, 0.2) is 5.82 Å². The van der Waals surface area contributed by atoms with Gasteiger partial charge >= 0.3 is 0 Å². The Morgan fingerprint density at radius 2 is 1.90 bits per heavy atom. The van der Waals surface area contributed by atoms with Gasteiger partial charge in [0.05, 0.1) is 27.3 Å². The van der Waals surface area contributed by atoms with Crippen LogP contribution in [0.5, 0.6) is 0 Å². The highest BCUT2D eigenvalue weighted by atomic mass is 32.1. The molecule has 0 aliphatic rings. The number of aromatic nitrogens is 4. The molecule has 5 rings (SSSR count). The van der Waals surface area contributed by atoms with E-state index in [0.29, 0.717) is 17.2 Å². The fourth-order valence-electron chi connectivity index (χ4n) is 3.34. The lowest BCUT2D eigenvalue weighted by molar-refractivity contribution is 0.102. The van der Waals surface area contributed by atoms with Gasteiger partial charge in [-0.05, 0) is 42.6 Å². The maximum atomic E-state index is 13.3. The molecule has 0 fully saturated rings. The van der Waals surface area contributed by atoms with E-state index < -0.39 is 0 Å². The van der Waals surface area contributed by atoms with Gasteiger partial charge in [-0.2, -0.15) is 9.78 Å². The Morgan fingerprint density at radius 3 is 2.70 bits per heavy atom. The molecule has 0 aliphatic carbocycles. The van der Waals surface area contributed by atoms with E-state index in [0.717, 1.165) is 27.2 Å². The highest BCUT2D eigenvalue weighted by molar-refractivity contribution is 7.13. The van der Waals surface area contributed by atoms with Crippen molar-refractivity contribution in [3.05, 3.63) is 89.6 Å². The summed E-state index contributed by atoms with van der Waals surface area (Å²) in [6.45, 7) is 1.88. The van der Waals surface area contributed by atoms with Gasteiger partial charge in [-0.3, -0.25) is 4.79 Å². The van der Waals surface area contributed by atoms with Gasteiger partial charge in [-0.15, -0.1) is 11.3 Å². The van der Waals surface area contributed by atoms with Crippen molar-refractivity contribution in [3.8, 4) is 16.4 Å². The first-order valence-electron chi connectivity index (χ1n) is 9.42. The summed E-state index contributed by atoms with van der Waals surface area (Å²) in [7, 11) is 0. The molecule has 0 saturated carbocycles. The molecule has 30 heavy (non-hydrogen) atoms. The number of benzene rings is 1. The lowest BCUT2D eigenvalue weighted by Crippen LogP contribution is -2.16. The first-order valence-corrected chi connectivity index (χ1v) is 10.3. The molecule has 4 heterocycles. The molecule has 5 aromatic rings. The minimum Gasteiger partial charge on any atom is -0.306 e. The standard InChI is InChI=1S/C23H17N5OS/c1-15-13-22(28(27-15)21-10-4-5-11-24-21)26-23(29)17-14-19(20-9-6-12-30-20)25-18-8-3-2-7-16(17)18/h2-14H,1H3,(H,26,29). The van der Waals surface area contributed by atoms with Crippen molar-refractivity contribution in [2.45, 2.75) is 6.92 Å². The number of anilines is 1. The summed E-state index contributed by atoms with van der Waals surface area (Å²) in [5.41, 5.74) is 2.91. The molecule has 6 nitrogen and oxygen atoms in total. The van der Waals surface area contributed by atoms with E-state index in [4.69, 9.17) is 4.98 Å². The number of nitrogens with one attached hydrogen (secondary N) is 1. The molecular weight excluding hydrogens is 394 g/mol. The molecule has 1 aromatic carbocycles. The number of para-hydroxylation sites is 1. The minimum atomic E-state index is -0.219. The molecule has 0 radical (unpaired) electrons. The highest BCUT2D eigenvalue weighted by Gasteiger charge is 2.17. The van der Waals surface area contributed by atoms with Crippen LogP contribution in [-0.2, 0) is 0 Å². The van der Waals surface area contributed by atoms with Crippen molar-refractivity contribution in [1.82, 2.24) is 19.7 Å². The van der Waals surface area contributed by atoms with Crippen LogP contribution in [0.25, 0.3) is 27.3 Å². The summed E-state index contributed by atoms with van der Waals surface area (Å²) in [6, 6.07) is 20.9. The molecule has 0 unspecified atom stereocenters. The molecule has 146 valence electrons. The van der Waals surface area contributed by atoms with Gasteiger partial charge in [0.2, 0.25) is 0 Å². The second-order valence-corrected chi connectivity index (χ2v) is 7.72. The van der Waals surface area contributed by atoms with Crippen LogP contribution in [0.15, 0.2) is 78.3 Å². The zero-order valence-electron chi connectivity index (χ0n) is 16.1. The fraction of sp³-hybridized carbons (Fsp3) is 0.0435. The van der Waals surface area contributed by atoms with Crippen molar-refractivity contribution in [2.75, 3.05) is 5.32 Å². The molecule has 0 bridgehead atoms. The second-order valence-electron chi connectivity index (χ2n) is 6.77. The average molecular weight is 411 g/mol. The molecule has 0 saturated heterocycles. The number of amides is 1. The molecule has 7 heteroatoms. The van der Waals surface area contributed by atoms with Gasteiger partial charge < -0.3 is 5.32 Å². The maximum absolute atomic E-state index is 13.3. The molecule has 0 aliphatic heterocycles. The Morgan fingerprint density at radius 1 is 1.03 bits per heavy atom. The van der Waals surface area contributed by atoms with Gasteiger partial charge in [0, 0.05) is 17.6 Å². The topological polar surface area (TPSA) is 72.7 Å². The molecular formula is C23H17N5OS. The Kier molecular flexibility index (Phi) is 4.57. The van der Waals surface area contributed by atoms with Crippen LogP contribution in [-0.4, -0.2) is 25.7 Å². The molecule has 0 atom stereocenters. The van der Waals surface area contributed by atoms with Crippen molar-refractivity contribution in [2.24, 2.45) is 0 Å². The van der Waals surface area contributed by atoms with Crippen molar-refractivity contribution in [3.63, 3.8) is 0 Å². The molecule has 1 amide bonds. The van der Waals surface area contributed by atoms with Gasteiger partial charge in [0.1, 0.15) is 5.82 Å². The number of rotatable bonds is 4. The average Bonchev–Trinajstić information content (AvgIpc) is 3.43. The van der Waals surface area contributed by atoms with Crippen molar-refractivity contribution < 1.29 is 4.79 Å². The number of thiophene rings is 1. The number of pyridine rings is 2.